The normalized spacial score (nSPS) is 9.38. The molecule has 0 aliphatic rings. The van der Waals surface area contributed by atoms with Gasteiger partial charge in [-0.25, -0.2) is 4.98 Å². The average molecular weight is 239 g/mol. The summed E-state index contributed by atoms with van der Waals surface area (Å²) in [6, 6.07) is 4.95. The lowest BCUT2D eigenvalue weighted by molar-refractivity contribution is -0.126. The molecule has 6 heteroatoms. The van der Waals surface area contributed by atoms with Crippen molar-refractivity contribution >= 4 is 23.3 Å². The Morgan fingerprint density at radius 3 is 2.88 bits per heavy atom. The molecule has 0 radical (unpaired) electrons. The second kappa shape index (κ2) is 5.33. The fourth-order valence-electron chi connectivity index (χ4n) is 0.976. The third kappa shape index (κ3) is 3.41. The third-order valence-electron chi connectivity index (χ3n) is 1.84. The van der Waals surface area contributed by atoms with Crippen LogP contribution in [0.5, 0.6) is 0 Å². The van der Waals surface area contributed by atoms with Gasteiger partial charge >= 0.3 is 0 Å². The molecule has 84 valence electrons. The number of aromatic nitrogens is 1. The van der Waals surface area contributed by atoms with Crippen molar-refractivity contribution in [1.82, 2.24) is 9.88 Å². The maximum atomic E-state index is 11.3. The Hall–Kier alpha value is -1.80. The molecule has 16 heavy (non-hydrogen) atoms. The van der Waals surface area contributed by atoms with Crippen molar-refractivity contribution in [2.24, 2.45) is 0 Å². The standard InChI is InChI=1S/C10H11ClN4O/c1-15(2)10(16)6-13-9-4-7(5-12)3-8(11)14-9/h3-4H,6H2,1-2H3,(H,13,14). The number of anilines is 1. The number of rotatable bonds is 3. The van der Waals surface area contributed by atoms with Crippen LogP contribution in [0.2, 0.25) is 5.15 Å². The molecule has 1 N–H and O–H groups in total. The monoisotopic (exact) mass is 238 g/mol. The molecule has 0 aliphatic carbocycles. The fraction of sp³-hybridized carbons (Fsp3) is 0.300. The molecule has 1 rings (SSSR count). The molecular weight excluding hydrogens is 228 g/mol. The van der Waals surface area contributed by atoms with Crippen LogP contribution in [0.25, 0.3) is 0 Å². The van der Waals surface area contributed by atoms with Gasteiger partial charge in [0, 0.05) is 14.1 Å². The molecule has 0 aliphatic heterocycles. The largest absolute Gasteiger partial charge is 0.361 e. The Bertz CT molecular complexity index is 439. The summed E-state index contributed by atoms with van der Waals surface area (Å²) in [5, 5.41) is 11.7. The molecule has 0 atom stereocenters. The predicted octanol–water partition coefficient (Wildman–Crippen LogP) is 1.11. The van der Waals surface area contributed by atoms with E-state index in [-0.39, 0.29) is 17.6 Å². The molecule has 0 saturated heterocycles. The summed E-state index contributed by atoms with van der Waals surface area (Å²) >= 11 is 5.71. The quantitative estimate of drug-likeness (QED) is 0.801. The van der Waals surface area contributed by atoms with Gasteiger partial charge in [-0.05, 0) is 12.1 Å². The fourth-order valence-corrected chi connectivity index (χ4v) is 1.18. The van der Waals surface area contributed by atoms with Gasteiger partial charge in [-0.1, -0.05) is 11.6 Å². The van der Waals surface area contributed by atoms with E-state index in [4.69, 9.17) is 16.9 Å². The Kier molecular flexibility index (Phi) is 4.09. The van der Waals surface area contributed by atoms with Crippen molar-refractivity contribution in [3.8, 4) is 6.07 Å². The maximum absolute atomic E-state index is 11.3. The second-order valence-electron chi connectivity index (χ2n) is 3.32. The summed E-state index contributed by atoms with van der Waals surface area (Å²) in [5.41, 5.74) is 0.403. The minimum atomic E-state index is -0.0831. The number of nitriles is 1. The van der Waals surface area contributed by atoms with Gasteiger partial charge in [0.05, 0.1) is 18.2 Å². The molecule has 1 aromatic rings. The zero-order valence-corrected chi connectivity index (χ0v) is 9.75. The van der Waals surface area contributed by atoms with Crippen LogP contribution in [0, 0.1) is 11.3 Å². The average Bonchev–Trinajstić information content (AvgIpc) is 2.24. The van der Waals surface area contributed by atoms with Crippen molar-refractivity contribution in [2.45, 2.75) is 0 Å². The highest BCUT2D eigenvalue weighted by Gasteiger charge is 2.05. The molecule has 0 spiro atoms. The van der Waals surface area contributed by atoms with Crippen molar-refractivity contribution in [3.63, 3.8) is 0 Å². The van der Waals surface area contributed by atoms with E-state index >= 15 is 0 Å². The number of hydrogen-bond donors (Lipinski definition) is 1. The molecule has 1 heterocycles. The van der Waals surface area contributed by atoms with Crippen molar-refractivity contribution < 1.29 is 4.79 Å². The zero-order chi connectivity index (χ0) is 12.1. The van der Waals surface area contributed by atoms with Gasteiger partial charge in [0.15, 0.2) is 0 Å². The minimum absolute atomic E-state index is 0.0831. The molecule has 5 nitrogen and oxygen atoms in total. The van der Waals surface area contributed by atoms with Crippen molar-refractivity contribution in [3.05, 3.63) is 22.8 Å². The zero-order valence-electron chi connectivity index (χ0n) is 8.99. The summed E-state index contributed by atoms with van der Waals surface area (Å²) in [5.74, 6) is 0.333. The predicted molar refractivity (Wildman–Crippen MR) is 61.1 cm³/mol. The number of halogens is 1. The smallest absolute Gasteiger partial charge is 0.241 e. The lowest BCUT2D eigenvalue weighted by atomic mass is 10.3. The van der Waals surface area contributed by atoms with Crippen LogP contribution < -0.4 is 5.32 Å². The second-order valence-corrected chi connectivity index (χ2v) is 3.70. The first-order valence-corrected chi connectivity index (χ1v) is 4.92. The Balaban J connectivity index is 2.71. The van der Waals surface area contributed by atoms with Gasteiger partial charge in [-0.2, -0.15) is 5.26 Å². The maximum Gasteiger partial charge on any atom is 0.241 e. The van der Waals surface area contributed by atoms with Crippen LogP contribution in [0.3, 0.4) is 0 Å². The van der Waals surface area contributed by atoms with E-state index in [2.05, 4.69) is 10.3 Å². The lowest BCUT2D eigenvalue weighted by Gasteiger charge is -2.11. The van der Waals surface area contributed by atoms with E-state index in [0.717, 1.165) is 0 Å². The van der Waals surface area contributed by atoms with Crippen LogP contribution in [0.4, 0.5) is 5.82 Å². The van der Waals surface area contributed by atoms with Crippen molar-refractivity contribution in [1.29, 1.82) is 5.26 Å². The van der Waals surface area contributed by atoms with E-state index < -0.39 is 0 Å². The molecule has 0 unspecified atom stereocenters. The van der Waals surface area contributed by atoms with E-state index in [0.29, 0.717) is 11.4 Å². The summed E-state index contributed by atoms with van der Waals surface area (Å²) in [4.78, 5) is 16.7. The Morgan fingerprint density at radius 1 is 1.62 bits per heavy atom. The lowest BCUT2D eigenvalue weighted by Crippen LogP contribution is -2.28. The highest BCUT2D eigenvalue weighted by Crippen LogP contribution is 2.13. The van der Waals surface area contributed by atoms with Gasteiger partial charge in [0.2, 0.25) is 5.91 Å². The topological polar surface area (TPSA) is 69.0 Å². The van der Waals surface area contributed by atoms with E-state index in [9.17, 15) is 4.79 Å². The van der Waals surface area contributed by atoms with Crippen LogP contribution in [0.1, 0.15) is 5.56 Å². The van der Waals surface area contributed by atoms with Crippen LogP contribution in [-0.2, 0) is 4.79 Å². The number of nitrogens with one attached hydrogen (secondary N) is 1. The number of nitrogens with zero attached hydrogens (tertiary/aromatic N) is 3. The number of likely N-dealkylation sites (N-methyl/N-ethyl adjacent to an activating group) is 1. The first-order chi connectivity index (χ1) is 7.52. The number of pyridine rings is 1. The third-order valence-corrected chi connectivity index (χ3v) is 2.04. The molecule has 0 saturated carbocycles. The number of carbonyl (C=O) groups excluding carboxylic acids is 1. The highest BCUT2D eigenvalue weighted by atomic mass is 35.5. The summed E-state index contributed by atoms with van der Waals surface area (Å²) < 4.78 is 0. The molecule has 0 fully saturated rings. The molecule has 0 bridgehead atoms. The van der Waals surface area contributed by atoms with Gasteiger partial charge < -0.3 is 10.2 Å². The van der Waals surface area contributed by atoms with E-state index in [1.54, 1.807) is 14.1 Å². The van der Waals surface area contributed by atoms with Gasteiger partial charge in [0.25, 0.3) is 0 Å². The summed E-state index contributed by atoms with van der Waals surface area (Å²) in [6.07, 6.45) is 0. The van der Waals surface area contributed by atoms with E-state index in [1.807, 2.05) is 6.07 Å². The summed E-state index contributed by atoms with van der Waals surface area (Å²) in [7, 11) is 3.33. The Labute approximate surface area is 98.6 Å². The highest BCUT2D eigenvalue weighted by molar-refractivity contribution is 6.29. The number of carbonyl (C=O) groups is 1. The van der Waals surface area contributed by atoms with E-state index in [1.165, 1.54) is 17.0 Å². The minimum Gasteiger partial charge on any atom is -0.361 e. The molecule has 0 aromatic carbocycles. The van der Waals surface area contributed by atoms with Crippen LogP contribution in [0.15, 0.2) is 12.1 Å². The number of amides is 1. The molecule has 1 amide bonds. The van der Waals surface area contributed by atoms with Gasteiger partial charge in [0.1, 0.15) is 11.0 Å². The Morgan fingerprint density at radius 2 is 2.31 bits per heavy atom. The first-order valence-electron chi connectivity index (χ1n) is 4.54. The van der Waals surface area contributed by atoms with Crippen molar-refractivity contribution in [2.75, 3.05) is 26.0 Å². The van der Waals surface area contributed by atoms with Gasteiger partial charge in [-0.15, -0.1) is 0 Å². The molecule has 1 aromatic heterocycles. The van der Waals surface area contributed by atoms with Crippen LogP contribution in [-0.4, -0.2) is 36.4 Å². The van der Waals surface area contributed by atoms with Gasteiger partial charge in [-0.3, -0.25) is 4.79 Å². The van der Waals surface area contributed by atoms with Crippen LogP contribution >= 0.6 is 11.6 Å². The first kappa shape index (κ1) is 12.3. The number of hydrogen-bond acceptors (Lipinski definition) is 4. The SMILES string of the molecule is CN(C)C(=O)CNc1cc(C#N)cc(Cl)n1. The molecular formula is C10H11ClN4O. The summed E-state index contributed by atoms with van der Waals surface area (Å²) in [6.45, 7) is 0.116.